The van der Waals surface area contributed by atoms with Gasteiger partial charge in [0.15, 0.2) is 5.58 Å². The fraction of sp³-hybridized carbons (Fsp3) is 0.600. The molecule has 1 saturated carbocycles. The number of hydrogen-bond acceptors (Lipinski definition) is 5. The number of aromatic nitrogens is 1. The van der Waals surface area contributed by atoms with E-state index >= 15 is 0 Å². The van der Waals surface area contributed by atoms with Crippen LogP contribution < -0.4 is 16.4 Å². The lowest BCUT2D eigenvalue weighted by molar-refractivity contribution is -0.128. The summed E-state index contributed by atoms with van der Waals surface area (Å²) in [6, 6.07) is 5.43. The van der Waals surface area contributed by atoms with Crippen LogP contribution in [0.3, 0.4) is 0 Å². The Morgan fingerprint density at radius 3 is 3.07 bits per heavy atom. The zero-order chi connectivity index (χ0) is 19.0. The van der Waals surface area contributed by atoms with Crippen molar-refractivity contribution in [3.05, 3.63) is 28.7 Å². The Labute approximate surface area is 158 Å². The first-order valence-corrected chi connectivity index (χ1v) is 9.80. The third-order valence-corrected chi connectivity index (χ3v) is 6.19. The second kappa shape index (κ2) is 7.13. The number of nitrogens with one attached hydrogen (secondary N) is 2. The molecule has 0 unspecified atom stereocenters. The average molecular weight is 372 g/mol. The second-order valence-electron chi connectivity index (χ2n) is 8.19. The van der Waals surface area contributed by atoms with Gasteiger partial charge in [-0.2, -0.15) is 0 Å². The van der Waals surface area contributed by atoms with Gasteiger partial charge >= 0.3 is 5.76 Å². The molecule has 0 radical (unpaired) electrons. The molecule has 2 aliphatic rings. The van der Waals surface area contributed by atoms with E-state index < -0.39 is 0 Å². The normalized spacial score (nSPS) is 25.1. The van der Waals surface area contributed by atoms with Crippen LogP contribution in [0, 0.1) is 11.3 Å². The van der Waals surface area contributed by atoms with Crippen molar-refractivity contribution in [2.24, 2.45) is 11.3 Å². The van der Waals surface area contributed by atoms with Gasteiger partial charge < -0.3 is 20.0 Å². The van der Waals surface area contributed by atoms with Gasteiger partial charge in [0.25, 0.3) is 0 Å². The van der Waals surface area contributed by atoms with Crippen LogP contribution in [0.4, 0.5) is 5.69 Å². The largest absolute Gasteiger partial charge is 0.419 e. The number of fused-ring (bicyclic) bond motifs is 2. The molecule has 0 bridgehead atoms. The monoisotopic (exact) mass is 372 g/mol. The van der Waals surface area contributed by atoms with E-state index in [4.69, 9.17) is 4.42 Å². The van der Waals surface area contributed by atoms with Gasteiger partial charge in [-0.15, -0.1) is 0 Å². The molecule has 146 valence electrons. The summed E-state index contributed by atoms with van der Waals surface area (Å²) in [4.78, 5) is 27.3. The lowest BCUT2D eigenvalue weighted by Gasteiger charge is -2.37. The fourth-order valence-corrected chi connectivity index (χ4v) is 4.60. The summed E-state index contributed by atoms with van der Waals surface area (Å²) in [5, 5.41) is 6.54. The SMILES string of the molecule is CN(C)CCn1c(=O)oc2ccc(NC(=O)[C@@]34CCCC[C@H]3CNC4)cc21. The highest BCUT2D eigenvalue weighted by Crippen LogP contribution is 2.44. The van der Waals surface area contributed by atoms with Crippen LogP contribution >= 0.6 is 0 Å². The number of likely N-dealkylation sites (N-methyl/N-ethyl adjacent to an activating group) is 1. The molecule has 1 amide bonds. The highest BCUT2D eigenvalue weighted by Gasteiger charge is 2.49. The number of benzene rings is 1. The molecule has 27 heavy (non-hydrogen) atoms. The Kier molecular flexibility index (Phi) is 4.82. The van der Waals surface area contributed by atoms with E-state index in [1.165, 1.54) is 6.42 Å². The maximum Gasteiger partial charge on any atom is 0.419 e. The van der Waals surface area contributed by atoms with Crippen LogP contribution in [0.15, 0.2) is 27.4 Å². The molecule has 1 aliphatic heterocycles. The third kappa shape index (κ3) is 3.30. The molecule has 1 aliphatic carbocycles. The molecule has 2 heterocycles. The topological polar surface area (TPSA) is 79.5 Å². The number of carbonyl (C=O) groups is 1. The van der Waals surface area contributed by atoms with Crippen LogP contribution in [0.2, 0.25) is 0 Å². The van der Waals surface area contributed by atoms with E-state index in [1.807, 2.05) is 31.1 Å². The summed E-state index contributed by atoms with van der Waals surface area (Å²) in [5.41, 5.74) is 1.70. The van der Waals surface area contributed by atoms with Gasteiger partial charge in [0, 0.05) is 25.3 Å². The smallest absolute Gasteiger partial charge is 0.408 e. The summed E-state index contributed by atoms with van der Waals surface area (Å²) in [7, 11) is 3.93. The fourth-order valence-electron chi connectivity index (χ4n) is 4.60. The number of oxazole rings is 1. The molecule has 2 aromatic rings. The predicted molar refractivity (Wildman–Crippen MR) is 105 cm³/mol. The molecule has 2 fully saturated rings. The molecule has 7 nitrogen and oxygen atoms in total. The molecular weight excluding hydrogens is 344 g/mol. The minimum Gasteiger partial charge on any atom is -0.408 e. The van der Waals surface area contributed by atoms with Crippen molar-refractivity contribution in [1.29, 1.82) is 0 Å². The van der Waals surface area contributed by atoms with E-state index in [0.717, 1.165) is 50.1 Å². The van der Waals surface area contributed by atoms with Gasteiger partial charge in [-0.25, -0.2) is 4.79 Å². The molecule has 1 saturated heterocycles. The minimum atomic E-state index is -0.360. The van der Waals surface area contributed by atoms with E-state index in [9.17, 15) is 9.59 Å². The minimum absolute atomic E-state index is 0.0993. The highest BCUT2D eigenvalue weighted by atomic mass is 16.4. The van der Waals surface area contributed by atoms with E-state index in [0.29, 0.717) is 18.0 Å². The number of rotatable bonds is 5. The van der Waals surface area contributed by atoms with E-state index in [-0.39, 0.29) is 17.1 Å². The summed E-state index contributed by atoms with van der Waals surface area (Å²) in [6.07, 6.45) is 4.38. The van der Waals surface area contributed by atoms with Crippen LogP contribution in [0.25, 0.3) is 11.1 Å². The van der Waals surface area contributed by atoms with Crippen LogP contribution in [-0.2, 0) is 11.3 Å². The summed E-state index contributed by atoms with van der Waals surface area (Å²) in [6.45, 7) is 2.97. The van der Waals surface area contributed by atoms with Crippen molar-refractivity contribution in [2.45, 2.75) is 32.2 Å². The number of amides is 1. The zero-order valence-corrected chi connectivity index (χ0v) is 16.1. The van der Waals surface area contributed by atoms with Crippen LogP contribution in [0.1, 0.15) is 25.7 Å². The Hall–Kier alpha value is -2.12. The third-order valence-electron chi connectivity index (χ3n) is 6.19. The Balaban J connectivity index is 1.59. The Morgan fingerprint density at radius 1 is 1.41 bits per heavy atom. The van der Waals surface area contributed by atoms with Gasteiger partial charge in [0.2, 0.25) is 5.91 Å². The van der Waals surface area contributed by atoms with Crippen LogP contribution in [-0.4, -0.2) is 49.1 Å². The van der Waals surface area contributed by atoms with Crippen molar-refractivity contribution in [1.82, 2.24) is 14.8 Å². The molecular formula is C20H28N4O3. The summed E-state index contributed by atoms with van der Waals surface area (Å²) in [5.74, 6) is 0.158. The Morgan fingerprint density at radius 2 is 2.26 bits per heavy atom. The molecule has 2 N–H and O–H groups in total. The van der Waals surface area contributed by atoms with Gasteiger partial charge in [0.1, 0.15) is 0 Å². The first-order chi connectivity index (χ1) is 13.0. The van der Waals surface area contributed by atoms with Crippen molar-refractivity contribution in [3.63, 3.8) is 0 Å². The number of carbonyl (C=O) groups excluding carboxylic acids is 1. The molecule has 1 aromatic heterocycles. The summed E-state index contributed by atoms with van der Waals surface area (Å²) < 4.78 is 6.97. The van der Waals surface area contributed by atoms with Crippen molar-refractivity contribution < 1.29 is 9.21 Å². The zero-order valence-electron chi connectivity index (χ0n) is 16.1. The van der Waals surface area contributed by atoms with E-state index in [1.54, 1.807) is 10.6 Å². The maximum absolute atomic E-state index is 13.2. The maximum atomic E-state index is 13.2. The molecule has 1 aromatic carbocycles. The first-order valence-electron chi connectivity index (χ1n) is 9.80. The molecule has 2 atom stereocenters. The summed E-state index contributed by atoms with van der Waals surface area (Å²) >= 11 is 0. The van der Waals surface area contributed by atoms with Gasteiger partial charge in [-0.3, -0.25) is 9.36 Å². The molecule has 4 rings (SSSR count). The average Bonchev–Trinajstić information content (AvgIpc) is 3.21. The second-order valence-corrected chi connectivity index (χ2v) is 8.19. The first kappa shape index (κ1) is 18.3. The Bertz CT molecular complexity index is 900. The van der Waals surface area contributed by atoms with Crippen molar-refractivity contribution in [3.8, 4) is 0 Å². The van der Waals surface area contributed by atoms with Gasteiger partial charge in [0.05, 0.1) is 10.9 Å². The number of nitrogens with zero attached hydrogens (tertiary/aromatic N) is 2. The molecule has 0 spiro atoms. The highest BCUT2D eigenvalue weighted by molar-refractivity contribution is 5.97. The number of anilines is 1. The quantitative estimate of drug-likeness (QED) is 0.838. The lowest BCUT2D eigenvalue weighted by atomic mass is 9.67. The van der Waals surface area contributed by atoms with Gasteiger partial charge in [-0.1, -0.05) is 12.8 Å². The van der Waals surface area contributed by atoms with Crippen molar-refractivity contribution in [2.75, 3.05) is 39.0 Å². The van der Waals surface area contributed by atoms with Crippen molar-refractivity contribution >= 4 is 22.7 Å². The number of hydrogen-bond donors (Lipinski definition) is 2. The van der Waals surface area contributed by atoms with Crippen LogP contribution in [0.5, 0.6) is 0 Å². The standard InChI is InChI=1S/C20H28N4O3/c1-23(2)9-10-24-16-11-15(6-7-17(16)27-19(24)26)22-18(25)20-8-4-3-5-14(20)12-21-13-20/h6-7,11,14,21H,3-5,8-10,12-13H2,1-2H3,(H,22,25)/t14-,20+/m0/s1. The molecule has 7 heteroatoms. The van der Waals surface area contributed by atoms with E-state index in [2.05, 4.69) is 10.6 Å². The predicted octanol–water partition coefficient (Wildman–Crippen LogP) is 1.87. The lowest BCUT2D eigenvalue weighted by Crippen LogP contribution is -2.44. The van der Waals surface area contributed by atoms with Gasteiger partial charge in [-0.05, 0) is 57.6 Å².